The largest absolute Gasteiger partial charge is 0.327 e. The molecule has 0 spiro atoms. The Morgan fingerprint density at radius 1 is 1.17 bits per heavy atom. The summed E-state index contributed by atoms with van der Waals surface area (Å²) in [7, 11) is 0. The minimum Gasteiger partial charge on any atom is -0.308 e. The van der Waals surface area contributed by atoms with Crippen LogP contribution in [0.15, 0.2) is 44.4 Å². The van der Waals surface area contributed by atoms with E-state index in [9.17, 15) is 14.4 Å². The molecule has 92 valence electrons. The maximum atomic E-state index is 11.9. The number of H-pyrrole nitrogens is 2. The molecular weight excluding hydrogens is 302 g/mol. The van der Waals surface area contributed by atoms with Gasteiger partial charge in [0.15, 0.2) is 0 Å². The highest BCUT2D eigenvalue weighted by molar-refractivity contribution is 9.10. The van der Waals surface area contributed by atoms with Gasteiger partial charge in [-0.05, 0) is 28.1 Å². The second kappa shape index (κ2) is 5.01. The Hall–Kier alpha value is -2.15. The topological polar surface area (TPSA) is 94.8 Å². The smallest absolute Gasteiger partial charge is 0.308 e. The molecule has 0 atom stereocenters. The van der Waals surface area contributed by atoms with Crippen molar-refractivity contribution in [3.63, 3.8) is 0 Å². The lowest BCUT2D eigenvalue weighted by atomic mass is 10.2. The van der Waals surface area contributed by atoms with Crippen molar-refractivity contribution in [1.29, 1.82) is 0 Å². The van der Waals surface area contributed by atoms with E-state index in [0.717, 1.165) is 6.07 Å². The number of nitrogens with one attached hydrogen (secondary N) is 3. The first-order chi connectivity index (χ1) is 8.56. The van der Waals surface area contributed by atoms with E-state index in [1.807, 2.05) is 4.98 Å². The molecule has 1 aromatic heterocycles. The van der Waals surface area contributed by atoms with E-state index in [-0.39, 0.29) is 5.82 Å². The third kappa shape index (κ3) is 2.75. The molecule has 6 nitrogen and oxygen atoms in total. The predicted molar refractivity (Wildman–Crippen MR) is 69.8 cm³/mol. The fourth-order valence-electron chi connectivity index (χ4n) is 1.37. The average Bonchev–Trinajstić information content (AvgIpc) is 2.27. The van der Waals surface area contributed by atoms with Gasteiger partial charge < -0.3 is 5.32 Å². The highest BCUT2D eigenvalue weighted by Gasteiger charge is 2.10. The first kappa shape index (κ1) is 12.3. The van der Waals surface area contributed by atoms with Crippen LogP contribution in [0, 0.1) is 0 Å². The molecule has 0 bridgehead atoms. The van der Waals surface area contributed by atoms with Crippen molar-refractivity contribution in [2.45, 2.75) is 0 Å². The van der Waals surface area contributed by atoms with Crippen LogP contribution in [0.25, 0.3) is 0 Å². The van der Waals surface area contributed by atoms with Crippen molar-refractivity contribution < 1.29 is 4.79 Å². The van der Waals surface area contributed by atoms with Gasteiger partial charge in [0.1, 0.15) is 5.82 Å². The zero-order chi connectivity index (χ0) is 13.1. The van der Waals surface area contributed by atoms with E-state index in [0.29, 0.717) is 10.0 Å². The molecule has 0 unspecified atom stereocenters. The lowest BCUT2D eigenvalue weighted by molar-refractivity contribution is 0.102. The number of amides is 1. The molecular formula is C11H8BrN3O3. The maximum absolute atomic E-state index is 11.9. The van der Waals surface area contributed by atoms with Crippen LogP contribution >= 0.6 is 15.9 Å². The number of carbonyl (C=O) groups is 1. The lowest BCUT2D eigenvalue weighted by Gasteiger charge is -2.05. The van der Waals surface area contributed by atoms with E-state index in [4.69, 9.17) is 0 Å². The monoisotopic (exact) mass is 309 g/mol. The van der Waals surface area contributed by atoms with Gasteiger partial charge in [0.05, 0.1) is 5.56 Å². The first-order valence-electron chi connectivity index (χ1n) is 4.96. The van der Waals surface area contributed by atoms with E-state index in [1.165, 1.54) is 0 Å². The van der Waals surface area contributed by atoms with Crippen molar-refractivity contribution in [3.8, 4) is 0 Å². The summed E-state index contributed by atoms with van der Waals surface area (Å²) in [5, 5.41) is 2.44. The molecule has 7 heteroatoms. The summed E-state index contributed by atoms with van der Waals surface area (Å²) < 4.78 is 0.620. The molecule has 0 saturated carbocycles. The molecule has 2 aromatic rings. The van der Waals surface area contributed by atoms with Crippen molar-refractivity contribution in [1.82, 2.24) is 9.97 Å². The summed E-state index contributed by atoms with van der Waals surface area (Å²) in [6.07, 6.45) is 0. The Morgan fingerprint density at radius 3 is 2.56 bits per heavy atom. The number of benzene rings is 1. The summed E-state index contributed by atoms with van der Waals surface area (Å²) in [5.74, 6) is -0.381. The Morgan fingerprint density at radius 2 is 1.89 bits per heavy atom. The zero-order valence-electron chi connectivity index (χ0n) is 8.99. The van der Waals surface area contributed by atoms with Gasteiger partial charge in [0, 0.05) is 10.5 Å². The van der Waals surface area contributed by atoms with E-state index >= 15 is 0 Å². The highest BCUT2D eigenvalue weighted by atomic mass is 79.9. The van der Waals surface area contributed by atoms with Crippen molar-refractivity contribution in [3.05, 3.63) is 61.2 Å². The molecule has 1 amide bonds. The van der Waals surface area contributed by atoms with Gasteiger partial charge in [0.25, 0.3) is 11.5 Å². The molecule has 2 rings (SSSR count). The molecule has 0 saturated heterocycles. The van der Waals surface area contributed by atoms with Gasteiger partial charge in [-0.25, -0.2) is 4.79 Å². The normalized spacial score (nSPS) is 10.1. The van der Waals surface area contributed by atoms with Gasteiger partial charge in [-0.1, -0.05) is 12.1 Å². The second-order valence-corrected chi connectivity index (χ2v) is 4.29. The third-order valence-electron chi connectivity index (χ3n) is 2.13. The van der Waals surface area contributed by atoms with Crippen molar-refractivity contribution in [2.24, 2.45) is 0 Å². The summed E-state index contributed by atoms with van der Waals surface area (Å²) in [5.41, 5.74) is -0.857. The van der Waals surface area contributed by atoms with Crippen LogP contribution in [0.1, 0.15) is 10.4 Å². The van der Waals surface area contributed by atoms with Crippen LogP contribution < -0.4 is 16.6 Å². The SMILES string of the molecule is O=C(Nc1cc(=O)[nH]c(=O)[nH]1)c1ccccc1Br. The van der Waals surface area contributed by atoms with E-state index in [2.05, 4.69) is 26.2 Å². The summed E-state index contributed by atoms with van der Waals surface area (Å²) >= 11 is 3.24. The molecule has 18 heavy (non-hydrogen) atoms. The van der Waals surface area contributed by atoms with Gasteiger partial charge in [-0.15, -0.1) is 0 Å². The van der Waals surface area contributed by atoms with Crippen LogP contribution in [-0.4, -0.2) is 15.9 Å². The maximum Gasteiger partial charge on any atom is 0.327 e. The standard InChI is InChI=1S/C11H8BrN3O3/c12-7-4-2-1-3-6(7)10(17)13-8-5-9(16)15-11(18)14-8/h1-5H,(H3,13,14,15,16,17,18). The minimum atomic E-state index is -0.676. The number of anilines is 1. The number of aromatic amines is 2. The fourth-order valence-corrected chi connectivity index (χ4v) is 1.84. The average molecular weight is 310 g/mol. The second-order valence-electron chi connectivity index (χ2n) is 3.44. The molecule has 0 aliphatic carbocycles. The summed E-state index contributed by atoms with van der Waals surface area (Å²) in [4.78, 5) is 38.3. The van der Waals surface area contributed by atoms with Crippen LogP contribution in [0.3, 0.4) is 0 Å². The van der Waals surface area contributed by atoms with Gasteiger partial charge in [-0.3, -0.25) is 19.6 Å². The highest BCUT2D eigenvalue weighted by Crippen LogP contribution is 2.16. The number of carbonyl (C=O) groups excluding carboxylic acids is 1. The summed E-state index contributed by atoms with van der Waals surface area (Å²) in [6, 6.07) is 7.91. The molecule has 0 fully saturated rings. The molecule has 0 aliphatic heterocycles. The van der Waals surface area contributed by atoms with Crippen molar-refractivity contribution in [2.75, 3.05) is 5.32 Å². The van der Waals surface area contributed by atoms with Gasteiger partial charge in [-0.2, -0.15) is 0 Å². The van der Waals surface area contributed by atoms with E-state index in [1.54, 1.807) is 24.3 Å². The summed E-state index contributed by atoms with van der Waals surface area (Å²) in [6.45, 7) is 0. The van der Waals surface area contributed by atoms with Crippen LogP contribution in [0.2, 0.25) is 0 Å². The Labute approximate surface area is 109 Å². The number of halogens is 1. The molecule has 1 heterocycles. The predicted octanol–water partition coefficient (Wildman–Crippen LogP) is 1.08. The van der Waals surface area contributed by atoms with Crippen LogP contribution in [0.5, 0.6) is 0 Å². The molecule has 1 aromatic carbocycles. The Balaban J connectivity index is 2.30. The Kier molecular flexibility index (Phi) is 3.42. The quantitative estimate of drug-likeness (QED) is 0.774. The van der Waals surface area contributed by atoms with E-state index < -0.39 is 17.2 Å². The first-order valence-corrected chi connectivity index (χ1v) is 5.75. The van der Waals surface area contributed by atoms with Crippen LogP contribution in [0.4, 0.5) is 5.82 Å². The molecule has 0 aliphatic rings. The molecule has 0 radical (unpaired) electrons. The Bertz CT molecular complexity index is 677. The lowest BCUT2D eigenvalue weighted by Crippen LogP contribution is -2.24. The van der Waals surface area contributed by atoms with Gasteiger partial charge >= 0.3 is 5.69 Å². The minimum absolute atomic E-state index is 0.0458. The number of hydrogen-bond acceptors (Lipinski definition) is 3. The fraction of sp³-hybridized carbons (Fsp3) is 0. The number of rotatable bonds is 2. The van der Waals surface area contributed by atoms with Crippen LogP contribution in [-0.2, 0) is 0 Å². The van der Waals surface area contributed by atoms with Crippen molar-refractivity contribution >= 4 is 27.7 Å². The third-order valence-corrected chi connectivity index (χ3v) is 2.82. The zero-order valence-corrected chi connectivity index (χ0v) is 10.6. The number of hydrogen-bond donors (Lipinski definition) is 3. The van der Waals surface area contributed by atoms with Gasteiger partial charge in [0.2, 0.25) is 0 Å². The molecule has 3 N–H and O–H groups in total. The number of aromatic nitrogens is 2.